The molecule has 154 valence electrons. The van der Waals surface area contributed by atoms with Crippen molar-refractivity contribution in [2.75, 3.05) is 7.11 Å². The van der Waals surface area contributed by atoms with Crippen LogP contribution >= 0.6 is 0 Å². The largest absolute Gasteiger partial charge is 0.469 e. The number of nitrogens with one attached hydrogen (secondary N) is 2. The van der Waals surface area contributed by atoms with Crippen molar-refractivity contribution >= 4 is 24.4 Å². The molecule has 28 heavy (non-hydrogen) atoms. The Labute approximate surface area is 163 Å². The topological polar surface area (TPSA) is 120 Å². The van der Waals surface area contributed by atoms with Gasteiger partial charge in [0, 0.05) is 0 Å². The molecule has 0 saturated carbocycles. The van der Waals surface area contributed by atoms with Crippen LogP contribution in [-0.4, -0.2) is 49.2 Å². The molecule has 1 rings (SSSR count). The van der Waals surface area contributed by atoms with Crippen LogP contribution in [0.4, 0.5) is 9.59 Å². The number of carbonyl (C=O) groups is 4. The van der Waals surface area contributed by atoms with Gasteiger partial charge in [-0.3, -0.25) is 4.79 Å². The average Bonchev–Trinajstić information content (AvgIpc) is 2.63. The molecular weight excluding hydrogens is 368 g/mol. The minimum Gasteiger partial charge on any atom is -0.469 e. The number of ether oxygens (including phenoxy) is 3. The maximum absolute atomic E-state index is 12.1. The Kier molecular flexibility index (Phi) is 8.94. The van der Waals surface area contributed by atoms with Gasteiger partial charge in [0.05, 0.1) is 19.6 Å². The molecule has 2 amide bonds. The average molecular weight is 394 g/mol. The van der Waals surface area contributed by atoms with Gasteiger partial charge in [-0.25, -0.2) is 9.59 Å². The SMILES string of the molecule is COC(=O)C[C@@H](NC(=O)OCc1ccccc1)C(C=O)NC(=O)OC(C)(C)C. The molecule has 2 N–H and O–H groups in total. The number of carbonyl (C=O) groups excluding carboxylic acids is 4. The molecule has 0 aliphatic heterocycles. The third-order valence-electron chi connectivity index (χ3n) is 3.39. The van der Waals surface area contributed by atoms with Crippen molar-refractivity contribution in [1.82, 2.24) is 10.6 Å². The zero-order chi connectivity index (χ0) is 21.2. The highest BCUT2D eigenvalue weighted by Crippen LogP contribution is 2.08. The third kappa shape index (κ3) is 9.02. The normalized spacial score (nSPS) is 12.9. The second kappa shape index (κ2) is 10.9. The Balaban J connectivity index is 2.75. The monoisotopic (exact) mass is 394 g/mol. The van der Waals surface area contributed by atoms with Crippen molar-refractivity contribution in [3.8, 4) is 0 Å². The molecule has 0 aliphatic carbocycles. The molecule has 1 aromatic carbocycles. The molecule has 0 aliphatic rings. The van der Waals surface area contributed by atoms with E-state index in [1.54, 1.807) is 45.0 Å². The van der Waals surface area contributed by atoms with Crippen LogP contribution in [0.2, 0.25) is 0 Å². The summed E-state index contributed by atoms with van der Waals surface area (Å²) >= 11 is 0. The predicted octanol–water partition coefficient (Wildman–Crippen LogP) is 1.94. The van der Waals surface area contributed by atoms with E-state index in [1.807, 2.05) is 6.07 Å². The fraction of sp³-hybridized carbons (Fsp3) is 0.474. The fourth-order valence-corrected chi connectivity index (χ4v) is 2.12. The lowest BCUT2D eigenvalue weighted by Gasteiger charge is -2.26. The van der Waals surface area contributed by atoms with E-state index in [-0.39, 0.29) is 13.0 Å². The second-order valence-corrected chi connectivity index (χ2v) is 6.90. The molecule has 0 bridgehead atoms. The van der Waals surface area contributed by atoms with Crippen molar-refractivity contribution in [2.45, 2.75) is 51.5 Å². The fourth-order valence-electron chi connectivity index (χ4n) is 2.12. The van der Waals surface area contributed by atoms with E-state index in [0.717, 1.165) is 5.56 Å². The van der Waals surface area contributed by atoms with Crippen LogP contribution in [0, 0.1) is 0 Å². The van der Waals surface area contributed by atoms with E-state index >= 15 is 0 Å². The standard InChI is InChI=1S/C19H26N2O7/c1-19(2,3)28-18(25)21-15(11-22)14(10-16(23)26-4)20-17(24)27-12-13-8-6-5-7-9-13/h5-9,11,14-15H,10,12H2,1-4H3,(H,20,24)(H,21,25)/t14-,15?/m1/s1. The summed E-state index contributed by atoms with van der Waals surface area (Å²) in [6.07, 6.45) is -1.67. The van der Waals surface area contributed by atoms with Gasteiger partial charge in [-0.05, 0) is 26.3 Å². The molecule has 0 fully saturated rings. The molecule has 9 nitrogen and oxygen atoms in total. The highest BCUT2D eigenvalue weighted by atomic mass is 16.6. The number of hydrogen-bond acceptors (Lipinski definition) is 7. The van der Waals surface area contributed by atoms with E-state index in [9.17, 15) is 19.2 Å². The second-order valence-electron chi connectivity index (χ2n) is 6.90. The number of methoxy groups -OCH3 is 1. The van der Waals surface area contributed by atoms with Gasteiger partial charge in [0.25, 0.3) is 0 Å². The summed E-state index contributed by atoms with van der Waals surface area (Å²) in [6, 6.07) is 6.66. The van der Waals surface area contributed by atoms with Gasteiger partial charge < -0.3 is 29.6 Å². The first-order chi connectivity index (χ1) is 13.1. The van der Waals surface area contributed by atoms with E-state index in [0.29, 0.717) is 6.29 Å². The lowest BCUT2D eigenvalue weighted by atomic mass is 10.1. The smallest absolute Gasteiger partial charge is 0.408 e. The van der Waals surface area contributed by atoms with E-state index < -0.39 is 35.8 Å². The first-order valence-electron chi connectivity index (χ1n) is 8.63. The molecule has 0 saturated heterocycles. The summed E-state index contributed by atoms with van der Waals surface area (Å²) in [5.74, 6) is -0.675. The van der Waals surface area contributed by atoms with Crippen molar-refractivity contribution < 1.29 is 33.4 Å². The number of benzene rings is 1. The van der Waals surface area contributed by atoms with Gasteiger partial charge in [0.1, 0.15) is 24.5 Å². The lowest BCUT2D eigenvalue weighted by molar-refractivity contribution is -0.141. The van der Waals surface area contributed by atoms with Crippen molar-refractivity contribution in [3.05, 3.63) is 35.9 Å². The molecular formula is C19H26N2O7. The molecule has 1 unspecified atom stereocenters. The summed E-state index contributed by atoms with van der Waals surface area (Å²) in [5, 5.41) is 4.73. The quantitative estimate of drug-likeness (QED) is 0.393. The van der Waals surface area contributed by atoms with Crippen molar-refractivity contribution in [1.29, 1.82) is 0 Å². The lowest BCUT2D eigenvalue weighted by Crippen LogP contribution is -2.54. The highest BCUT2D eigenvalue weighted by Gasteiger charge is 2.29. The highest BCUT2D eigenvalue weighted by molar-refractivity contribution is 5.78. The van der Waals surface area contributed by atoms with Crippen LogP contribution in [0.5, 0.6) is 0 Å². The number of amides is 2. The molecule has 0 aromatic heterocycles. The van der Waals surface area contributed by atoms with Gasteiger partial charge in [0.2, 0.25) is 0 Å². The Morgan fingerprint density at radius 1 is 1.07 bits per heavy atom. The molecule has 0 radical (unpaired) electrons. The molecule has 0 spiro atoms. The maximum atomic E-state index is 12.1. The Hall–Kier alpha value is -3.10. The minimum atomic E-state index is -1.22. The van der Waals surface area contributed by atoms with Crippen molar-refractivity contribution in [2.24, 2.45) is 0 Å². The summed E-state index contributed by atoms with van der Waals surface area (Å²) in [6.45, 7) is 4.98. The number of hydrogen-bond donors (Lipinski definition) is 2. The first kappa shape index (κ1) is 22.9. The van der Waals surface area contributed by atoms with Crippen LogP contribution in [0.25, 0.3) is 0 Å². The van der Waals surface area contributed by atoms with Crippen LogP contribution in [0.15, 0.2) is 30.3 Å². The summed E-state index contributed by atoms with van der Waals surface area (Å²) in [5.41, 5.74) is -0.0155. The van der Waals surface area contributed by atoms with Crippen LogP contribution in [0.1, 0.15) is 32.8 Å². The van der Waals surface area contributed by atoms with Gasteiger partial charge in [-0.15, -0.1) is 0 Å². The van der Waals surface area contributed by atoms with Crippen molar-refractivity contribution in [3.63, 3.8) is 0 Å². The van der Waals surface area contributed by atoms with E-state index in [1.165, 1.54) is 7.11 Å². The molecule has 9 heteroatoms. The predicted molar refractivity (Wildman–Crippen MR) is 99.4 cm³/mol. The zero-order valence-electron chi connectivity index (χ0n) is 16.4. The zero-order valence-corrected chi connectivity index (χ0v) is 16.4. The van der Waals surface area contributed by atoms with Crippen LogP contribution in [0.3, 0.4) is 0 Å². The van der Waals surface area contributed by atoms with E-state index in [4.69, 9.17) is 9.47 Å². The first-order valence-corrected chi connectivity index (χ1v) is 8.63. The molecule has 1 aromatic rings. The number of alkyl carbamates (subject to hydrolysis) is 2. The number of rotatable bonds is 8. The van der Waals surface area contributed by atoms with Gasteiger partial charge in [-0.2, -0.15) is 0 Å². The summed E-state index contributed by atoms with van der Waals surface area (Å²) in [4.78, 5) is 47.1. The van der Waals surface area contributed by atoms with Gasteiger partial charge >= 0.3 is 18.2 Å². The minimum absolute atomic E-state index is 0.00285. The third-order valence-corrected chi connectivity index (χ3v) is 3.39. The Morgan fingerprint density at radius 2 is 1.71 bits per heavy atom. The van der Waals surface area contributed by atoms with E-state index in [2.05, 4.69) is 15.4 Å². The summed E-state index contributed by atoms with van der Waals surface area (Å²) < 4.78 is 14.8. The molecule has 2 atom stereocenters. The number of esters is 1. The summed E-state index contributed by atoms with van der Waals surface area (Å²) in [7, 11) is 1.17. The molecule has 0 heterocycles. The van der Waals surface area contributed by atoms with Gasteiger partial charge in [0.15, 0.2) is 0 Å². The van der Waals surface area contributed by atoms with Crippen LogP contribution in [-0.2, 0) is 30.4 Å². The van der Waals surface area contributed by atoms with Crippen LogP contribution < -0.4 is 10.6 Å². The Morgan fingerprint density at radius 3 is 2.25 bits per heavy atom. The van der Waals surface area contributed by atoms with Gasteiger partial charge in [-0.1, -0.05) is 30.3 Å². The number of aldehydes is 1. The Bertz CT molecular complexity index is 671. The maximum Gasteiger partial charge on any atom is 0.408 e.